The van der Waals surface area contributed by atoms with E-state index in [0.717, 1.165) is 17.8 Å². The van der Waals surface area contributed by atoms with Crippen molar-refractivity contribution in [3.8, 4) is 0 Å². The van der Waals surface area contributed by atoms with Crippen LogP contribution < -0.4 is 10.0 Å². The molecule has 5 heteroatoms. The molecule has 0 bridgehead atoms. The molecular formula is C22H24N2O2S. The van der Waals surface area contributed by atoms with E-state index in [2.05, 4.69) is 29.1 Å². The van der Waals surface area contributed by atoms with Gasteiger partial charge in [0.2, 0.25) is 10.0 Å². The van der Waals surface area contributed by atoms with Crippen molar-refractivity contribution >= 4 is 21.4 Å². The van der Waals surface area contributed by atoms with Gasteiger partial charge in [-0.2, -0.15) is 0 Å². The SMILES string of the molecule is Cc1ccccc1CNc1ccc(NS(=O)(=O)CCc2ccccc2)cc1. The number of anilines is 2. The molecule has 0 amide bonds. The molecular weight excluding hydrogens is 356 g/mol. The van der Waals surface area contributed by atoms with Gasteiger partial charge in [-0.15, -0.1) is 0 Å². The second-order valence-corrected chi connectivity index (χ2v) is 8.36. The van der Waals surface area contributed by atoms with Crippen LogP contribution in [-0.4, -0.2) is 14.2 Å². The Labute approximate surface area is 161 Å². The van der Waals surface area contributed by atoms with Gasteiger partial charge in [-0.3, -0.25) is 4.72 Å². The molecule has 0 atom stereocenters. The fourth-order valence-corrected chi connectivity index (χ4v) is 3.89. The number of hydrogen-bond acceptors (Lipinski definition) is 3. The van der Waals surface area contributed by atoms with Gasteiger partial charge in [0.15, 0.2) is 0 Å². The molecule has 0 fully saturated rings. The summed E-state index contributed by atoms with van der Waals surface area (Å²) in [6, 6.07) is 25.2. The van der Waals surface area contributed by atoms with E-state index >= 15 is 0 Å². The summed E-state index contributed by atoms with van der Waals surface area (Å²) >= 11 is 0. The molecule has 3 rings (SSSR count). The Hall–Kier alpha value is -2.79. The Morgan fingerprint density at radius 1 is 0.778 bits per heavy atom. The largest absolute Gasteiger partial charge is 0.381 e. The van der Waals surface area contributed by atoms with Crippen molar-refractivity contribution in [2.24, 2.45) is 0 Å². The van der Waals surface area contributed by atoms with Crippen LogP contribution in [0.3, 0.4) is 0 Å². The highest BCUT2D eigenvalue weighted by Crippen LogP contribution is 2.17. The summed E-state index contributed by atoms with van der Waals surface area (Å²) in [6.45, 7) is 2.82. The van der Waals surface area contributed by atoms with Gasteiger partial charge in [0.25, 0.3) is 0 Å². The highest BCUT2D eigenvalue weighted by Gasteiger charge is 2.10. The zero-order valence-electron chi connectivity index (χ0n) is 15.4. The summed E-state index contributed by atoms with van der Waals surface area (Å²) in [4.78, 5) is 0. The molecule has 4 nitrogen and oxygen atoms in total. The van der Waals surface area contributed by atoms with Gasteiger partial charge in [0, 0.05) is 17.9 Å². The summed E-state index contributed by atoms with van der Waals surface area (Å²) in [5, 5.41) is 3.36. The van der Waals surface area contributed by atoms with Crippen LogP contribution in [0.2, 0.25) is 0 Å². The van der Waals surface area contributed by atoms with E-state index in [9.17, 15) is 8.42 Å². The van der Waals surface area contributed by atoms with E-state index in [1.165, 1.54) is 11.1 Å². The van der Waals surface area contributed by atoms with Crippen LogP contribution in [0.1, 0.15) is 16.7 Å². The van der Waals surface area contributed by atoms with Crippen LogP contribution in [-0.2, 0) is 23.0 Å². The predicted octanol–water partition coefficient (Wildman–Crippen LogP) is 4.59. The zero-order valence-corrected chi connectivity index (χ0v) is 16.2. The molecule has 0 radical (unpaired) electrons. The van der Waals surface area contributed by atoms with Crippen molar-refractivity contribution < 1.29 is 8.42 Å². The maximum Gasteiger partial charge on any atom is 0.233 e. The van der Waals surface area contributed by atoms with Gasteiger partial charge in [-0.25, -0.2) is 8.42 Å². The Morgan fingerprint density at radius 2 is 1.41 bits per heavy atom. The maximum atomic E-state index is 12.3. The lowest BCUT2D eigenvalue weighted by molar-refractivity contribution is 0.600. The molecule has 0 aliphatic heterocycles. The van der Waals surface area contributed by atoms with E-state index in [1.54, 1.807) is 12.1 Å². The summed E-state index contributed by atoms with van der Waals surface area (Å²) in [7, 11) is -3.38. The quantitative estimate of drug-likeness (QED) is 0.601. The number of nitrogens with one attached hydrogen (secondary N) is 2. The zero-order chi connectivity index (χ0) is 19.1. The third kappa shape index (κ3) is 5.86. The van der Waals surface area contributed by atoms with E-state index in [4.69, 9.17) is 0 Å². The molecule has 0 aliphatic rings. The smallest absolute Gasteiger partial charge is 0.233 e. The van der Waals surface area contributed by atoms with Gasteiger partial charge >= 0.3 is 0 Å². The van der Waals surface area contributed by atoms with Gasteiger partial charge in [-0.05, 0) is 54.3 Å². The first-order valence-electron chi connectivity index (χ1n) is 8.95. The Kier molecular flexibility index (Phi) is 6.14. The maximum absolute atomic E-state index is 12.3. The second kappa shape index (κ2) is 8.73. The Balaban J connectivity index is 1.54. The molecule has 0 heterocycles. The molecule has 0 aromatic heterocycles. The second-order valence-electron chi connectivity index (χ2n) is 6.51. The number of benzene rings is 3. The molecule has 27 heavy (non-hydrogen) atoms. The molecule has 2 N–H and O–H groups in total. The standard InChI is InChI=1S/C22H24N2O2S/c1-18-7-5-6-10-20(18)17-23-21-11-13-22(14-12-21)24-27(25,26)16-15-19-8-3-2-4-9-19/h2-14,23-24H,15-17H2,1H3. The Morgan fingerprint density at radius 3 is 2.11 bits per heavy atom. The highest BCUT2D eigenvalue weighted by atomic mass is 32.2. The van der Waals surface area contributed by atoms with Crippen LogP contribution in [0.25, 0.3) is 0 Å². The average Bonchev–Trinajstić information content (AvgIpc) is 2.68. The number of sulfonamides is 1. The first kappa shape index (κ1) is 19.0. The van der Waals surface area contributed by atoms with Crippen LogP contribution in [0.15, 0.2) is 78.9 Å². The monoisotopic (exact) mass is 380 g/mol. The van der Waals surface area contributed by atoms with E-state index in [0.29, 0.717) is 12.1 Å². The predicted molar refractivity (Wildman–Crippen MR) is 113 cm³/mol. The van der Waals surface area contributed by atoms with Gasteiger partial charge in [0.05, 0.1) is 5.75 Å². The normalized spacial score (nSPS) is 11.1. The molecule has 3 aromatic rings. The van der Waals surface area contributed by atoms with Crippen LogP contribution in [0.4, 0.5) is 11.4 Å². The van der Waals surface area contributed by atoms with E-state index in [1.807, 2.05) is 54.6 Å². The van der Waals surface area contributed by atoms with Gasteiger partial charge in [-0.1, -0.05) is 54.6 Å². The minimum absolute atomic E-state index is 0.0598. The van der Waals surface area contributed by atoms with Crippen molar-refractivity contribution in [1.29, 1.82) is 0 Å². The van der Waals surface area contributed by atoms with Crippen LogP contribution in [0, 0.1) is 6.92 Å². The molecule has 0 spiro atoms. The number of hydrogen-bond donors (Lipinski definition) is 2. The van der Waals surface area contributed by atoms with Crippen molar-refractivity contribution in [3.05, 3.63) is 95.6 Å². The first-order chi connectivity index (χ1) is 13.0. The minimum Gasteiger partial charge on any atom is -0.381 e. The lowest BCUT2D eigenvalue weighted by atomic mass is 10.1. The minimum atomic E-state index is -3.38. The molecule has 0 saturated carbocycles. The summed E-state index contributed by atoms with van der Waals surface area (Å²) in [6.07, 6.45) is 0.492. The third-order valence-corrected chi connectivity index (χ3v) is 5.69. The van der Waals surface area contributed by atoms with E-state index in [-0.39, 0.29) is 5.75 Å². The van der Waals surface area contributed by atoms with Gasteiger partial charge < -0.3 is 5.32 Å². The fourth-order valence-electron chi connectivity index (χ4n) is 2.79. The summed E-state index contributed by atoms with van der Waals surface area (Å²) in [5.41, 5.74) is 5.02. The summed E-state index contributed by atoms with van der Waals surface area (Å²) < 4.78 is 27.2. The van der Waals surface area contributed by atoms with Crippen molar-refractivity contribution in [2.75, 3.05) is 15.8 Å². The van der Waals surface area contributed by atoms with Crippen molar-refractivity contribution in [2.45, 2.75) is 19.9 Å². The highest BCUT2D eigenvalue weighted by molar-refractivity contribution is 7.92. The van der Waals surface area contributed by atoms with E-state index < -0.39 is 10.0 Å². The molecule has 3 aromatic carbocycles. The van der Waals surface area contributed by atoms with Crippen LogP contribution in [0.5, 0.6) is 0 Å². The molecule has 140 valence electrons. The van der Waals surface area contributed by atoms with Crippen molar-refractivity contribution in [3.63, 3.8) is 0 Å². The Bertz CT molecular complexity index is 969. The average molecular weight is 381 g/mol. The topological polar surface area (TPSA) is 58.2 Å². The molecule has 0 aliphatic carbocycles. The lowest BCUT2D eigenvalue weighted by Gasteiger charge is -2.11. The first-order valence-corrected chi connectivity index (χ1v) is 10.6. The van der Waals surface area contributed by atoms with Crippen molar-refractivity contribution in [1.82, 2.24) is 0 Å². The number of rotatable bonds is 8. The number of aryl methyl sites for hydroxylation is 2. The van der Waals surface area contributed by atoms with Crippen LogP contribution >= 0.6 is 0 Å². The fraction of sp³-hybridized carbons (Fsp3) is 0.182. The lowest BCUT2D eigenvalue weighted by Crippen LogP contribution is -2.18. The molecule has 0 unspecified atom stereocenters. The third-order valence-electron chi connectivity index (χ3n) is 4.40. The summed E-state index contributed by atoms with van der Waals surface area (Å²) in [5.74, 6) is 0.0598. The van der Waals surface area contributed by atoms with Gasteiger partial charge in [0.1, 0.15) is 0 Å². The molecule has 0 saturated heterocycles.